The van der Waals surface area contributed by atoms with E-state index in [0.717, 1.165) is 18.4 Å². The minimum atomic E-state index is -0.754. The minimum Gasteiger partial charge on any atom is -0.503 e. The van der Waals surface area contributed by atoms with E-state index in [1.165, 1.54) is 17.2 Å². The molecule has 1 atom stereocenters. The van der Waals surface area contributed by atoms with Crippen LogP contribution < -0.4 is 4.74 Å². The average molecular weight is 458 g/mol. The Morgan fingerprint density at radius 2 is 1.85 bits per heavy atom. The van der Waals surface area contributed by atoms with Crippen molar-refractivity contribution >= 4 is 17.8 Å². The Morgan fingerprint density at radius 3 is 2.53 bits per heavy atom. The third kappa shape index (κ3) is 5.12. The van der Waals surface area contributed by atoms with E-state index in [9.17, 15) is 14.7 Å². The molecule has 4 rings (SSSR count). The zero-order chi connectivity index (χ0) is 23.9. The van der Waals surface area contributed by atoms with Gasteiger partial charge in [0.1, 0.15) is 11.5 Å². The number of rotatable bonds is 10. The monoisotopic (exact) mass is 457 g/mol. The summed E-state index contributed by atoms with van der Waals surface area (Å²) < 4.78 is 11.2. The second kappa shape index (κ2) is 10.7. The number of hydrogen-bond acceptors (Lipinski definition) is 5. The van der Waals surface area contributed by atoms with E-state index in [0.29, 0.717) is 23.7 Å². The molecule has 6 nitrogen and oxygen atoms in total. The highest BCUT2D eigenvalue weighted by Gasteiger charge is 2.43. The number of hydrogen-bond donors (Lipinski definition) is 1. The number of allylic oxidation sites excluding steroid dienone is 1. The van der Waals surface area contributed by atoms with Gasteiger partial charge in [-0.15, -0.1) is 0 Å². The zero-order valence-electron chi connectivity index (χ0n) is 19.0. The van der Waals surface area contributed by atoms with Crippen LogP contribution in [0.15, 0.2) is 94.8 Å². The molecule has 0 fully saturated rings. The molecule has 0 saturated heterocycles. The standard InChI is InChI=1S/C28H27NO5/c1-2-3-17-33-22-14-12-21(13-15-22)26-25(24(30)16-11-20-8-5-4-6-9-20)27(31)28(32)29(26)19-23-10-7-18-34-23/h4-16,18,26,31H,2-3,17,19H2,1H3/b16-11+. The normalized spacial score (nSPS) is 16.0. The molecule has 1 aromatic heterocycles. The van der Waals surface area contributed by atoms with Gasteiger partial charge in [-0.25, -0.2) is 0 Å². The number of carbonyl (C=O) groups is 2. The lowest BCUT2D eigenvalue weighted by atomic mass is 9.95. The number of carbonyl (C=O) groups excluding carboxylic acids is 2. The number of unbranched alkanes of at least 4 members (excludes halogenated alkanes) is 1. The second-order valence-corrected chi connectivity index (χ2v) is 8.06. The van der Waals surface area contributed by atoms with Gasteiger partial charge in [0, 0.05) is 0 Å². The van der Waals surface area contributed by atoms with Gasteiger partial charge in [-0.3, -0.25) is 9.59 Å². The fraction of sp³-hybridized carbons (Fsp3) is 0.214. The van der Waals surface area contributed by atoms with Crippen LogP contribution in [0.4, 0.5) is 0 Å². The predicted molar refractivity (Wildman–Crippen MR) is 129 cm³/mol. The van der Waals surface area contributed by atoms with Gasteiger partial charge in [0.2, 0.25) is 0 Å². The first kappa shape index (κ1) is 23.1. The smallest absolute Gasteiger partial charge is 0.290 e. The molecular weight excluding hydrogens is 430 g/mol. The third-order valence-electron chi connectivity index (χ3n) is 5.66. The lowest BCUT2D eigenvalue weighted by molar-refractivity contribution is -0.130. The van der Waals surface area contributed by atoms with Crippen molar-refractivity contribution in [2.75, 3.05) is 6.61 Å². The molecule has 1 N–H and O–H groups in total. The first-order chi connectivity index (χ1) is 16.6. The minimum absolute atomic E-state index is 0.0448. The summed E-state index contributed by atoms with van der Waals surface area (Å²) in [6, 6.07) is 19.4. The maximum absolute atomic E-state index is 13.2. The summed E-state index contributed by atoms with van der Waals surface area (Å²) in [4.78, 5) is 27.7. The first-order valence-corrected chi connectivity index (χ1v) is 11.3. The quantitative estimate of drug-likeness (QED) is 0.315. The van der Waals surface area contributed by atoms with E-state index < -0.39 is 23.5 Å². The molecule has 0 aliphatic carbocycles. The Bertz CT molecular complexity index is 1180. The summed E-state index contributed by atoms with van der Waals surface area (Å²) in [5.41, 5.74) is 1.59. The van der Waals surface area contributed by atoms with Crippen molar-refractivity contribution in [1.82, 2.24) is 4.90 Å². The third-order valence-corrected chi connectivity index (χ3v) is 5.66. The predicted octanol–water partition coefficient (Wildman–Crippen LogP) is 5.64. The molecule has 0 bridgehead atoms. The van der Waals surface area contributed by atoms with Crippen molar-refractivity contribution in [3.05, 3.63) is 107 Å². The van der Waals surface area contributed by atoms with Crippen molar-refractivity contribution in [3.63, 3.8) is 0 Å². The Balaban J connectivity index is 1.65. The van der Waals surface area contributed by atoms with Gasteiger partial charge in [-0.05, 0) is 47.9 Å². The van der Waals surface area contributed by atoms with Crippen molar-refractivity contribution in [2.24, 2.45) is 0 Å². The van der Waals surface area contributed by atoms with E-state index in [-0.39, 0.29) is 12.1 Å². The lowest BCUT2D eigenvalue weighted by Gasteiger charge is -2.26. The molecule has 0 radical (unpaired) electrons. The highest BCUT2D eigenvalue weighted by Crippen LogP contribution is 2.39. The topological polar surface area (TPSA) is 80.0 Å². The molecule has 6 heteroatoms. The van der Waals surface area contributed by atoms with Crippen LogP contribution in [0.3, 0.4) is 0 Å². The molecule has 2 aromatic carbocycles. The summed E-state index contributed by atoms with van der Waals surface area (Å²) in [5.74, 6) is -0.308. The van der Waals surface area contributed by atoms with E-state index in [4.69, 9.17) is 9.15 Å². The van der Waals surface area contributed by atoms with E-state index in [2.05, 4.69) is 6.92 Å². The number of ketones is 1. The van der Waals surface area contributed by atoms with Crippen LogP contribution in [0.2, 0.25) is 0 Å². The summed E-state index contributed by atoms with van der Waals surface area (Å²) in [6.45, 7) is 2.84. The van der Waals surface area contributed by atoms with Crippen LogP contribution in [0.5, 0.6) is 5.75 Å². The second-order valence-electron chi connectivity index (χ2n) is 8.06. The van der Waals surface area contributed by atoms with Crippen molar-refractivity contribution in [2.45, 2.75) is 32.4 Å². The Labute approximate surface area is 198 Å². The van der Waals surface area contributed by atoms with Gasteiger partial charge in [-0.2, -0.15) is 0 Å². The number of aliphatic hydroxyl groups is 1. The molecule has 0 saturated carbocycles. The Kier molecular flexibility index (Phi) is 7.28. The number of nitrogens with zero attached hydrogens (tertiary/aromatic N) is 1. The largest absolute Gasteiger partial charge is 0.503 e. The van der Waals surface area contributed by atoms with Gasteiger partial charge in [0.15, 0.2) is 11.5 Å². The van der Waals surface area contributed by atoms with E-state index >= 15 is 0 Å². The summed E-state index contributed by atoms with van der Waals surface area (Å²) in [7, 11) is 0. The van der Waals surface area contributed by atoms with Crippen molar-refractivity contribution in [3.8, 4) is 5.75 Å². The molecule has 1 unspecified atom stereocenters. The van der Waals surface area contributed by atoms with Crippen LogP contribution >= 0.6 is 0 Å². The van der Waals surface area contributed by atoms with Crippen LogP contribution in [0, 0.1) is 0 Å². The number of amides is 1. The molecule has 1 aliphatic rings. The van der Waals surface area contributed by atoms with Crippen LogP contribution in [-0.2, 0) is 16.1 Å². The fourth-order valence-corrected chi connectivity index (χ4v) is 3.89. The summed E-state index contributed by atoms with van der Waals surface area (Å²) >= 11 is 0. The van der Waals surface area contributed by atoms with Crippen LogP contribution in [0.25, 0.3) is 6.08 Å². The maximum atomic E-state index is 13.2. The van der Waals surface area contributed by atoms with Gasteiger partial charge in [0.05, 0.1) is 31.0 Å². The highest BCUT2D eigenvalue weighted by atomic mass is 16.5. The average Bonchev–Trinajstić information content (AvgIpc) is 3.46. The fourth-order valence-electron chi connectivity index (χ4n) is 3.89. The van der Waals surface area contributed by atoms with Crippen molar-refractivity contribution in [1.29, 1.82) is 0 Å². The number of aliphatic hydroxyl groups excluding tert-OH is 1. The molecule has 34 heavy (non-hydrogen) atoms. The van der Waals surface area contributed by atoms with Gasteiger partial charge < -0.3 is 19.2 Å². The van der Waals surface area contributed by atoms with Crippen LogP contribution in [-0.4, -0.2) is 28.3 Å². The molecule has 1 amide bonds. The molecule has 0 spiro atoms. The first-order valence-electron chi connectivity index (χ1n) is 11.3. The Hall–Kier alpha value is -4.06. The number of benzene rings is 2. The number of furan rings is 1. The van der Waals surface area contributed by atoms with E-state index in [1.54, 1.807) is 18.2 Å². The highest BCUT2D eigenvalue weighted by molar-refractivity contribution is 6.14. The zero-order valence-corrected chi connectivity index (χ0v) is 19.0. The lowest BCUT2D eigenvalue weighted by Crippen LogP contribution is -2.30. The summed E-state index contributed by atoms with van der Waals surface area (Å²) in [6.07, 6.45) is 6.58. The molecule has 2 heterocycles. The Morgan fingerprint density at radius 1 is 1.09 bits per heavy atom. The molecule has 1 aliphatic heterocycles. The van der Waals surface area contributed by atoms with E-state index in [1.807, 2.05) is 54.6 Å². The molecule has 3 aromatic rings. The molecule has 174 valence electrons. The van der Waals surface area contributed by atoms with Gasteiger partial charge in [0.25, 0.3) is 5.91 Å². The van der Waals surface area contributed by atoms with Crippen molar-refractivity contribution < 1.29 is 23.8 Å². The van der Waals surface area contributed by atoms with Gasteiger partial charge >= 0.3 is 0 Å². The maximum Gasteiger partial charge on any atom is 0.290 e. The van der Waals surface area contributed by atoms with Crippen LogP contribution in [0.1, 0.15) is 42.7 Å². The SMILES string of the molecule is CCCCOc1ccc(C2C(C(=O)/C=C/c3ccccc3)=C(O)C(=O)N2Cc2ccco2)cc1. The number of ether oxygens (including phenoxy) is 1. The summed E-state index contributed by atoms with van der Waals surface area (Å²) in [5, 5.41) is 10.7. The molecular formula is C28H27NO5. The van der Waals surface area contributed by atoms with Gasteiger partial charge in [-0.1, -0.05) is 61.9 Å².